The summed E-state index contributed by atoms with van der Waals surface area (Å²) >= 11 is 0. The third-order valence-electron chi connectivity index (χ3n) is 5.08. The Morgan fingerprint density at radius 2 is 1.87 bits per heavy atom. The van der Waals surface area contributed by atoms with Gasteiger partial charge in [-0.25, -0.2) is 0 Å². The van der Waals surface area contributed by atoms with Gasteiger partial charge in [-0.3, -0.25) is 9.89 Å². The van der Waals surface area contributed by atoms with Gasteiger partial charge in [-0.1, -0.05) is 30.3 Å². The maximum Gasteiger partial charge on any atom is 0.195 e. The summed E-state index contributed by atoms with van der Waals surface area (Å²) in [6.45, 7) is 6.65. The van der Waals surface area contributed by atoms with Crippen molar-refractivity contribution in [1.82, 2.24) is 10.2 Å². The topological polar surface area (TPSA) is 67.4 Å². The highest BCUT2D eigenvalue weighted by Crippen LogP contribution is 2.30. The van der Waals surface area contributed by atoms with E-state index < -0.39 is 0 Å². The molecule has 2 aromatic carbocycles. The van der Waals surface area contributed by atoms with Gasteiger partial charge < -0.3 is 24.8 Å². The van der Waals surface area contributed by atoms with Gasteiger partial charge in [0.2, 0.25) is 0 Å². The van der Waals surface area contributed by atoms with Crippen molar-refractivity contribution in [2.75, 3.05) is 58.9 Å². The van der Waals surface area contributed by atoms with Crippen LogP contribution in [0.1, 0.15) is 18.5 Å². The summed E-state index contributed by atoms with van der Waals surface area (Å²) in [5.74, 6) is 2.12. The molecule has 1 aliphatic heterocycles. The first kappa shape index (κ1) is 25.2. The lowest BCUT2D eigenvalue weighted by Gasteiger charge is -2.35. The van der Waals surface area contributed by atoms with Gasteiger partial charge in [0.05, 0.1) is 33.0 Å². The van der Waals surface area contributed by atoms with Crippen LogP contribution in [-0.2, 0) is 4.74 Å². The highest BCUT2D eigenvalue weighted by atomic mass is 127. The predicted octanol–water partition coefficient (Wildman–Crippen LogP) is 3.77. The van der Waals surface area contributed by atoms with Gasteiger partial charge in [-0.05, 0) is 24.6 Å². The Morgan fingerprint density at radius 1 is 1.13 bits per heavy atom. The van der Waals surface area contributed by atoms with E-state index in [1.54, 1.807) is 14.2 Å². The molecule has 31 heavy (non-hydrogen) atoms. The summed E-state index contributed by atoms with van der Waals surface area (Å²) in [6.07, 6.45) is 0. The van der Waals surface area contributed by atoms with Gasteiger partial charge in [0, 0.05) is 38.4 Å². The first-order chi connectivity index (χ1) is 14.7. The van der Waals surface area contributed by atoms with E-state index in [0.29, 0.717) is 18.3 Å². The second-order valence-electron chi connectivity index (χ2n) is 6.95. The molecule has 1 aliphatic rings. The fraction of sp³-hybridized carbons (Fsp3) is 0.435. The van der Waals surface area contributed by atoms with E-state index in [-0.39, 0.29) is 30.0 Å². The molecule has 1 unspecified atom stereocenters. The van der Waals surface area contributed by atoms with Crippen LogP contribution >= 0.6 is 24.0 Å². The van der Waals surface area contributed by atoms with E-state index in [1.165, 1.54) is 5.56 Å². The Balaban J connectivity index is 0.00000341. The number of morpholine rings is 1. The van der Waals surface area contributed by atoms with E-state index in [0.717, 1.165) is 44.3 Å². The zero-order valence-electron chi connectivity index (χ0n) is 18.5. The van der Waals surface area contributed by atoms with Gasteiger partial charge in [0.25, 0.3) is 0 Å². The third kappa shape index (κ3) is 7.26. The zero-order chi connectivity index (χ0) is 21.2. The molecule has 170 valence electrons. The molecule has 0 radical (unpaired) electrons. The van der Waals surface area contributed by atoms with Crippen molar-refractivity contribution in [1.29, 1.82) is 0 Å². The fourth-order valence-electron chi connectivity index (χ4n) is 3.55. The van der Waals surface area contributed by atoms with Crippen LogP contribution in [0.4, 0.5) is 5.69 Å². The molecule has 0 bridgehead atoms. The molecule has 1 atom stereocenters. The third-order valence-corrected chi connectivity index (χ3v) is 5.08. The van der Waals surface area contributed by atoms with Crippen LogP contribution in [-0.4, -0.2) is 64.5 Å². The number of benzene rings is 2. The molecule has 0 spiro atoms. The van der Waals surface area contributed by atoms with E-state index >= 15 is 0 Å². The standard InChI is InChI=1S/C23H32N4O3.HI/c1-4-30-21-11-10-19(16-22(21)28-3)26-23(24-2)25-17-20(18-8-6-5-7-9-18)27-12-14-29-15-13-27;/h5-11,16,20H,4,12-15,17H2,1-3H3,(H2,24,25,26);1H. The van der Waals surface area contributed by atoms with Crippen molar-refractivity contribution in [3.8, 4) is 11.5 Å². The number of methoxy groups -OCH3 is 1. The lowest BCUT2D eigenvalue weighted by Crippen LogP contribution is -2.44. The number of rotatable bonds is 8. The SMILES string of the molecule is CCOc1ccc(NC(=NC)NCC(c2ccccc2)N2CCOCC2)cc1OC.I. The number of hydrogen-bond donors (Lipinski definition) is 2. The highest BCUT2D eigenvalue weighted by Gasteiger charge is 2.22. The van der Waals surface area contributed by atoms with Crippen LogP contribution in [0, 0.1) is 0 Å². The summed E-state index contributed by atoms with van der Waals surface area (Å²) in [5, 5.41) is 6.82. The molecule has 1 heterocycles. The minimum absolute atomic E-state index is 0. The van der Waals surface area contributed by atoms with Crippen LogP contribution in [0.15, 0.2) is 53.5 Å². The summed E-state index contributed by atoms with van der Waals surface area (Å²) < 4.78 is 16.6. The quantitative estimate of drug-likeness (QED) is 0.302. The van der Waals surface area contributed by atoms with Crippen molar-refractivity contribution in [2.45, 2.75) is 13.0 Å². The first-order valence-corrected chi connectivity index (χ1v) is 10.4. The van der Waals surface area contributed by atoms with Gasteiger partial charge in [-0.2, -0.15) is 0 Å². The lowest BCUT2D eigenvalue weighted by molar-refractivity contribution is 0.0170. The minimum atomic E-state index is 0. The second kappa shape index (κ2) is 13.4. The molecule has 7 nitrogen and oxygen atoms in total. The number of halogens is 1. The zero-order valence-corrected chi connectivity index (χ0v) is 20.8. The second-order valence-corrected chi connectivity index (χ2v) is 6.95. The molecule has 2 aromatic rings. The molecule has 8 heteroatoms. The number of aliphatic imine (C=N–C) groups is 1. The average molecular weight is 540 g/mol. The van der Waals surface area contributed by atoms with Crippen LogP contribution in [0.25, 0.3) is 0 Å². The van der Waals surface area contributed by atoms with Crippen molar-refractivity contribution in [3.63, 3.8) is 0 Å². The molecule has 0 saturated carbocycles. The number of guanidine groups is 1. The van der Waals surface area contributed by atoms with Crippen molar-refractivity contribution in [3.05, 3.63) is 54.1 Å². The Kier molecular flexibility index (Phi) is 10.9. The summed E-state index contributed by atoms with van der Waals surface area (Å²) in [7, 11) is 3.41. The largest absolute Gasteiger partial charge is 0.493 e. The Morgan fingerprint density at radius 3 is 2.52 bits per heavy atom. The molecule has 0 aromatic heterocycles. The Bertz CT molecular complexity index is 814. The van der Waals surface area contributed by atoms with Crippen molar-refractivity contribution in [2.24, 2.45) is 4.99 Å². The average Bonchev–Trinajstić information content (AvgIpc) is 2.81. The highest BCUT2D eigenvalue weighted by molar-refractivity contribution is 14.0. The van der Waals surface area contributed by atoms with Gasteiger partial charge in [-0.15, -0.1) is 24.0 Å². The van der Waals surface area contributed by atoms with E-state index in [1.807, 2.05) is 31.2 Å². The number of hydrogen-bond acceptors (Lipinski definition) is 5. The van der Waals surface area contributed by atoms with Crippen LogP contribution in [0.5, 0.6) is 11.5 Å². The molecular formula is C23H33IN4O3. The fourth-order valence-corrected chi connectivity index (χ4v) is 3.55. The van der Waals surface area contributed by atoms with E-state index in [4.69, 9.17) is 14.2 Å². The normalized spacial score (nSPS) is 15.5. The maximum atomic E-state index is 5.59. The molecule has 3 rings (SSSR count). The molecule has 2 N–H and O–H groups in total. The maximum absolute atomic E-state index is 5.59. The molecule has 1 fully saturated rings. The Hall–Kier alpha value is -2.04. The van der Waals surface area contributed by atoms with Crippen LogP contribution < -0.4 is 20.1 Å². The van der Waals surface area contributed by atoms with Gasteiger partial charge in [0.15, 0.2) is 17.5 Å². The number of nitrogens with zero attached hydrogens (tertiary/aromatic N) is 2. The summed E-state index contributed by atoms with van der Waals surface area (Å²) in [5.41, 5.74) is 2.16. The number of ether oxygens (including phenoxy) is 3. The van der Waals surface area contributed by atoms with Crippen LogP contribution in [0.3, 0.4) is 0 Å². The van der Waals surface area contributed by atoms with Gasteiger partial charge >= 0.3 is 0 Å². The lowest BCUT2D eigenvalue weighted by atomic mass is 10.0. The van der Waals surface area contributed by atoms with Crippen LogP contribution in [0.2, 0.25) is 0 Å². The molecular weight excluding hydrogens is 507 g/mol. The van der Waals surface area contributed by atoms with Crippen molar-refractivity contribution < 1.29 is 14.2 Å². The Labute approximate surface area is 202 Å². The smallest absolute Gasteiger partial charge is 0.195 e. The number of anilines is 1. The number of nitrogens with one attached hydrogen (secondary N) is 2. The van der Waals surface area contributed by atoms with E-state index in [9.17, 15) is 0 Å². The minimum Gasteiger partial charge on any atom is -0.493 e. The summed E-state index contributed by atoms with van der Waals surface area (Å²) in [4.78, 5) is 6.84. The van der Waals surface area contributed by atoms with E-state index in [2.05, 4.69) is 44.8 Å². The summed E-state index contributed by atoms with van der Waals surface area (Å²) in [6, 6.07) is 16.6. The predicted molar refractivity (Wildman–Crippen MR) is 136 cm³/mol. The van der Waals surface area contributed by atoms with Gasteiger partial charge in [0.1, 0.15) is 0 Å². The molecule has 1 saturated heterocycles. The first-order valence-electron chi connectivity index (χ1n) is 10.4. The molecule has 0 amide bonds. The molecule has 0 aliphatic carbocycles. The van der Waals surface area contributed by atoms with Crippen molar-refractivity contribution >= 4 is 35.6 Å². The monoisotopic (exact) mass is 540 g/mol.